The molecule has 1 amide bonds. The molecule has 1 aromatic heterocycles. The molecule has 3 aromatic rings. The van der Waals surface area contributed by atoms with Crippen LogP contribution in [0.15, 0.2) is 76.6 Å². The fourth-order valence-electron chi connectivity index (χ4n) is 3.62. The first kappa shape index (κ1) is 25.6. The highest BCUT2D eigenvalue weighted by Gasteiger charge is 2.42. The maximum Gasteiger partial charge on any atom is 0.350 e. The van der Waals surface area contributed by atoms with Crippen molar-refractivity contribution in [2.45, 2.75) is 29.5 Å². The zero-order valence-electron chi connectivity index (χ0n) is 19.5. The number of sulfonamides is 1. The number of benzene rings is 2. The molecule has 2 aromatic carbocycles. The van der Waals surface area contributed by atoms with Gasteiger partial charge in [0.2, 0.25) is 15.9 Å². The molecule has 10 nitrogen and oxygen atoms in total. The van der Waals surface area contributed by atoms with Gasteiger partial charge in [-0.15, -0.1) is 11.8 Å². The van der Waals surface area contributed by atoms with Gasteiger partial charge in [-0.25, -0.2) is 18.0 Å². The molecule has 2 atom stereocenters. The Bertz CT molecular complexity index is 1420. The van der Waals surface area contributed by atoms with Gasteiger partial charge in [0.1, 0.15) is 17.8 Å². The van der Waals surface area contributed by atoms with Crippen molar-refractivity contribution in [2.75, 3.05) is 18.5 Å². The first-order valence-corrected chi connectivity index (χ1v) is 13.4. The van der Waals surface area contributed by atoms with Gasteiger partial charge in [0.05, 0.1) is 15.8 Å². The van der Waals surface area contributed by atoms with Crippen molar-refractivity contribution in [2.24, 2.45) is 0 Å². The summed E-state index contributed by atoms with van der Waals surface area (Å²) in [5.41, 5.74) is 0.611. The minimum Gasteiger partial charge on any atom is -0.459 e. The summed E-state index contributed by atoms with van der Waals surface area (Å²) in [6.07, 6.45) is 1.45. The smallest absolute Gasteiger partial charge is 0.350 e. The Morgan fingerprint density at radius 2 is 1.81 bits per heavy atom. The van der Waals surface area contributed by atoms with Crippen LogP contribution in [0.4, 0.5) is 5.82 Å². The van der Waals surface area contributed by atoms with Crippen LogP contribution < -0.4 is 11.0 Å². The Morgan fingerprint density at radius 3 is 2.44 bits per heavy atom. The fraction of sp³-hybridized carbons (Fsp3) is 0.250. The van der Waals surface area contributed by atoms with Gasteiger partial charge in [-0.3, -0.25) is 9.36 Å². The van der Waals surface area contributed by atoms with Crippen LogP contribution in [0.1, 0.15) is 28.2 Å². The summed E-state index contributed by atoms with van der Waals surface area (Å²) in [6.45, 7) is 2.89. The number of nitrogens with one attached hydrogen (secondary N) is 1. The van der Waals surface area contributed by atoms with Crippen LogP contribution in [0, 0.1) is 6.92 Å². The average molecular weight is 529 g/mol. The molecule has 1 aliphatic heterocycles. The molecular formula is C24H24N4O6S2. The lowest BCUT2D eigenvalue weighted by molar-refractivity contribution is -0.114. The predicted octanol–water partition coefficient (Wildman–Crippen LogP) is 2.63. The van der Waals surface area contributed by atoms with Gasteiger partial charge in [0.15, 0.2) is 0 Å². The monoisotopic (exact) mass is 528 g/mol. The molecule has 0 unspecified atom stereocenters. The molecule has 1 N–H and O–H groups in total. The van der Waals surface area contributed by atoms with Crippen molar-refractivity contribution in [1.82, 2.24) is 13.9 Å². The van der Waals surface area contributed by atoms with E-state index >= 15 is 0 Å². The van der Waals surface area contributed by atoms with Crippen molar-refractivity contribution >= 4 is 39.5 Å². The molecule has 1 aliphatic rings. The molecule has 0 aliphatic carbocycles. The van der Waals surface area contributed by atoms with Crippen molar-refractivity contribution in [3.05, 3.63) is 88.5 Å². The second-order valence-electron chi connectivity index (χ2n) is 8.08. The third kappa shape index (κ3) is 5.66. The quantitative estimate of drug-likeness (QED) is 0.464. The minimum atomic E-state index is -3.97. The van der Waals surface area contributed by atoms with E-state index in [4.69, 9.17) is 4.74 Å². The summed E-state index contributed by atoms with van der Waals surface area (Å²) in [5, 5.41) is 1.04. The van der Waals surface area contributed by atoms with Crippen LogP contribution in [0.5, 0.6) is 0 Å². The van der Waals surface area contributed by atoms with Crippen LogP contribution in [0.2, 0.25) is 0 Å². The molecule has 0 bridgehead atoms. The maximum absolute atomic E-state index is 13.5. The number of carbonyl (C=O) groups excluding carboxylic acids is 2. The molecule has 0 spiro atoms. The normalized spacial score (nSPS) is 18.1. The zero-order valence-corrected chi connectivity index (χ0v) is 21.2. The molecule has 1 fully saturated rings. The second-order valence-corrected chi connectivity index (χ2v) is 11.3. The number of esters is 1. The molecule has 0 radical (unpaired) electrons. The number of thioether (sulfide) groups is 1. The van der Waals surface area contributed by atoms with E-state index in [0.717, 1.165) is 5.56 Å². The molecule has 188 valence electrons. The lowest BCUT2D eigenvalue weighted by Crippen LogP contribution is -2.38. The highest BCUT2D eigenvalue weighted by molar-refractivity contribution is 8.01. The molecule has 4 rings (SSSR count). The van der Waals surface area contributed by atoms with Crippen LogP contribution >= 0.6 is 11.8 Å². The number of carbonyl (C=O) groups is 2. The van der Waals surface area contributed by atoms with Gasteiger partial charge in [0.25, 0.3) is 0 Å². The number of ether oxygens (including phenoxy) is 1. The van der Waals surface area contributed by atoms with E-state index in [9.17, 15) is 22.8 Å². The van der Waals surface area contributed by atoms with Crippen LogP contribution in [-0.2, 0) is 19.6 Å². The number of rotatable bonds is 7. The van der Waals surface area contributed by atoms with Crippen molar-refractivity contribution in [3.63, 3.8) is 0 Å². The van der Waals surface area contributed by atoms with Crippen molar-refractivity contribution in [1.29, 1.82) is 0 Å². The van der Waals surface area contributed by atoms with E-state index in [2.05, 4.69) is 10.3 Å². The zero-order chi connectivity index (χ0) is 25.9. The summed E-state index contributed by atoms with van der Waals surface area (Å²) in [5.74, 6) is -0.847. The Hall–Kier alpha value is -3.48. The Labute approximate surface area is 212 Å². The van der Waals surface area contributed by atoms with Gasteiger partial charge in [-0.05, 0) is 37.3 Å². The summed E-state index contributed by atoms with van der Waals surface area (Å²) < 4.78 is 35.0. The topological polar surface area (TPSA) is 128 Å². The van der Waals surface area contributed by atoms with E-state index in [0.29, 0.717) is 5.56 Å². The van der Waals surface area contributed by atoms with Crippen molar-refractivity contribution in [3.8, 4) is 0 Å². The number of aryl methyl sites for hydroxylation is 1. The van der Waals surface area contributed by atoms with E-state index in [1.807, 2.05) is 6.92 Å². The number of nitrogens with zero attached hydrogens (tertiary/aromatic N) is 3. The SMILES string of the molecule is CC(=O)Nc1ccn([C@@H]2CN(S(=O)(=O)c3ccc(C)cc3)[C@@H](COC(=O)c3ccccc3)S2)c(=O)n1. The van der Waals surface area contributed by atoms with Gasteiger partial charge >= 0.3 is 11.7 Å². The van der Waals surface area contributed by atoms with Crippen LogP contribution in [0.3, 0.4) is 0 Å². The van der Waals surface area contributed by atoms with Gasteiger partial charge in [-0.2, -0.15) is 9.29 Å². The number of amides is 1. The first-order valence-electron chi connectivity index (χ1n) is 11.0. The Kier molecular flexibility index (Phi) is 7.57. The van der Waals surface area contributed by atoms with E-state index < -0.39 is 32.4 Å². The minimum absolute atomic E-state index is 0.0461. The Balaban J connectivity index is 1.61. The molecule has 12 heteroatoms. The lowest BCUT2D eigenvalue weighted by Gasteiger charge is -2.22. The summed E-state index contributed by atoms with van der Waals surface area (Å²) in [6, 6.07) is 16.3. The summed E-state index contributed by atoms with van der Waals surface area (Å²) in [7, 11) is -3.97. The summed E-state index contributed by atoms with van der Waals surface area (Å²) >= 11 is 1.17. The largest absolute Gasteiger partial charge is 0.459 e. The van der Waals surface area contributed by atoms with E-state index in [1.165, 1.54) is 52.0 Å². The number of hydrogen-bond acceptors (Lipinski definition) is 8. The van der Waals surface area contributed by atoms with Gasteiger partial charge < -0.3 is 10.1 Å². The molecule has 0 saturated carbocycles. The maximum atomic E-state index is 13.5. The fourth-order valence-corrected chi connectivity index (χ4v) is 6.94. The standard InChI is InChI=1S/C24H24N4O6S2/c1-16-8-10-19(11-9-16)36(32,33)28-14-21(27-13-12-20(25-17(2)29)26-24(27)31)35-22(28)15-34-23(30)18-6-4-3-5-7-18/h3-13,21-22H,14-15H2,1-2H3,(H,25,26,29,31)/t21-,22+/m0/s1. The summed E-state index contributed by atoms with van der Waals surface area (Å²) in [4.78, 5) is 40.4. The molecule has 1 saturated heterocycles. The van der Waals surface area contributed by atoms with Crippen LogP contribution in [0.25, 0.3) is 0 Å². The molecule has 36 heavy (non-hydrogen) atoms. The Morgan fingerprint density at radius 1 is 1.11 bits per heavy atom. The predicted molar refractivity (Wildman–Crippen MR) is 135 cm³/mol. The highest BCUT2D eigenvalue weighted by atomic mass is 32.2. The number of hydrogen-bond donors (Lipinski definition) is 1. The van der Waals surface area contributed by atoms with Crippen LogP contribution in [-0.4, -0.2) is 52.7 Å². The molecule has 2 heterocycles. The second kappa shape index (κ2) is 10.6. The third-order valence-corrected chi connectivity index (χ3v) is 8.83. The third-order valence-electron chi connectivity index (χ3n) is 5.41. The van der Waals surface area contributed by atoms with Gasteiger partial charge in [-0.1, -0.05) is 35.9 Å². The molecular weight excluding hydrogens is 504 g/mol. The number of aromatic nitrogens is 2. The number of anilines is 1. The lowest BCUT2D eigenvalue weighted by atomic mass is 10.2. The average Bonchev–Trinajstić information content (AvgIpc) is 3.28. The van der Waals surface area contributed by atoms with E-state index in [-0.39, 0.29) is 29.8 Å². The van der Waals surface area contributed by atoms with Crippen molar-refractivity contribution < 1.29 is 22.7 Å². The first-order chi connectivity index (χ1) is 17.1. The van der Waals surface area contributed by atoms with E-state index in [1.54, 1.807) is 42.5 Å². The van der Waals surface area contributed by atoms with Gasteiger partial charge in [0, 0.05) is 19.7 Å². The highest BCUT2D eigenvalue weighted by Crippen LogP contribution is 2.40.